The van der Waals surface area contributed by atoms with E-state index in [1.807, 2.05) is 36.4 Å². The summed E-state index contributed by atoms with van der Waals surface area (Å²) >= 11 is 4.33. The Labute approximate surface area is 123 Å². The van der Waals surface area contributed by atoms with Gasteiger partial charge in [0.25, 0.3) is 0 Å². The molecule has 3 nitrogen and oxygen atoms in total. The van der Waals surface area contributed by atoms with Crippen molar-refractivity contribution in [2.45, 2.75) is 0 Å². The number of benzene rings is 2. The number of thioether (sulfide) groups is 1. The van der Waals surface area contributed by atoms with Gasteiger partial charge in [-0.15, -0.1) is 0 Å². The van der Waals surface area contributed by atoms with Crippen LogP contribution in [0, 0.1) is 0 Å². The van der Waals surface area contributed by atoms with Gasteiger partial charge in [0.1, 0.15) is 5.75 Å². The number of nitrogens with two attached hydrogens (primary N) is 1. The SMILES string of the molecule is N/C(=C\Br)SCC(=O)Oc1cccc2ccccc12. The van der Waals surface area contributed by atoms with E-state index in [1.165, 1.54) is 11.8 Å². The van der Waals surface area contributed by atoms with E-state index < -0.39 is 0 Å². The fraction of sp³-hybridized carbons (Fsp3) is 0.0714. The first-order chi connectivity index (χ1) is 9.20. The molecule has 0 aromatic heterocycles. The molecule has 2 rings (SSSR count). The first-order valence-electron chi connectivity index (χ1n) is 5.58. The smallest absolute Gasteiger partial charge is 0.321 e. The number of fused-ring (bicyclic) bond motifs is 1. The van der Waals surface area contributed by atoms with Gasteiger partial charge >= 0.3 is 5.97 Å². The number of hydrogen-bond donors (Lipinski definition) is 1. The molecular formula is C14H12BrNO2S. The third-order valence-corrected chi connectivity index (χ3v) is 4.07. The first-order valence-corrected chi connectivity index (χ1v) is 7.48. The molecular weight excluding hydrogens is 326 g/mol. The highest BCUT2D eigenvalue weighted by atomic mass is 79.9. The predicted octanol–water partition coefficient (Wildman–Crippen LogP) is 3.63. The van der Waals surface area contributed by atoms with Crippen LogP contribution in [0.5, 0.6) is 5.75 Å². The number of halogens is 1. The summed E-state index contributed by atoms with van der Waals surface area (Å²) in [6.07, 6.45) is 0. The third-order valence-electron chi connectivity index (χ3n) is 2.44. The van der Waals surface area contributed by atoms with Crippen molar-refractivity contribution >= 4 is 44.4 Å². The highest BCUT2D eigenvalue weighted by molar-refractivity contribution is 9.11. The number of ether oxygens (including phenoxy) is 1. The Balaban J connectivity index is 2.11. The molecule has 0 fully saturated rings. The molecule has 0 heterocycles. The molecule has 0 bridgehead atoms. The van der Waals surface area contributed by atoms with Gasteiger partial charge in [0.05, 0.1) is 10.8 Å². The summed E-state index contributed by atoms with van der Waals surface area (Å²) in [4.78, 5) is 13.3. The molecule has 5 heteroatoms. The van der Waals surface area contributed by atoms with Crippen LogP contribution in [-0.4, -0.2) is 11.7 Å². The minimum absolute atomic E-state index is 0.178. The summed E-state index contributed by atoms with van der Waals surface area (Å²) < 4.78 is 5.36. The number of rotatable bonds is 4. The summed E-state index contributed by atoms with van der Waals surface area (Å²) in [7, 11) is 0. The molecule has 0 aliphatic heterocycles. The Hall–Kier alpha value is -1.46. The minimum Gasteiger partial charge on any atom is -0.425 e. The monoisotopic (exact) mass is 337 g/mol. The maximum atomic E-state index is 11.7. The maximum Gasteiger partial charge on any atom is 0.321 e. The minimum atomic E-state index is -0.321. The van der Waals surface area contributed by atoms with Crippen molar-refractivity contribution in [3.63, 3.8) is 0 Å². The Morgan fingerprint density at radius 1 is 1.26 bits per heavy atom. The largest absolute Gasteiger partial charge is 0.425 e. The van der Waals surface area contributed by atoms with Crippen molar-refractivity contribution in [2.24, 2.45) is 5.73 Å². The maximum absolute atomic E-state index is 11.7. The summed E-state index contributed by atoms with van der Waals surface area (Å²) in [5.74, 6) is 0.431. The lowest BCUT2D eigenvalue weighted by atomic mass is 10.1. The Morgan fingerprint density at radius 2 is 2.00 bits per heavy atom. The number of hydrogen-bond acceptors (Lipinski definition) is 4. The van der Waals surface area contributed by atoms with Crippen LogP contribution >= 0.6 is 27.7 Å². The quantitative estimate of drug-likeness (QED) is 0.683. The van der Waals surface area contributed by atoms with Gasteiger partial charge in [-0.25, -0.2) is 0 Å². The summed E-state index contributed by atoms with van der Waals surface area (Å²) in [6.45, 7) is 0. The van der Waals surface area contributed by atoms with Gasteiger partial charge in [0.2, 0.25) is 0 Å². The van der Waals surface area contributed by atoms with E-state index in [2.05, 4.69) is 15.9 Å². The van der Waals surface area contributed by atoms with Crippen molar-refractivity contribution in [1.29, 1.82) is 0 Å². The second-order valence-electron chi connectivity index (χ2n) is 3.75. The average Bonchev–Trinajstić information content (AvgIpc) is 2.45. The van der Waals surface area contributed by atoms with E-state index in [0.717, 1.165) is 10.8 Å². The van der Waals surface area contributed by atoms with Crippen molar-refractivity contribution in [1.82, 2.24) is 0 Å². The zero-order valence-electron chi connectivity index (χ0n) is 10.0. The number of carbonyl (C=O) groups is 1. The lowest BCUT2D eigenvalue weighted by molar-refractivity contribution is -0.131. The molecule has 2 N–H and O–H groups in total. The van der Waals surface area contributed by atoms with Gasteiger partial charge in [-0.3, -0.25) is 4.79 Å². The molecule has 2 aromatic rings. The van der Waals surface area contributed by atoms with E-state index in [4.69, 9.17) is 10.5 Å². The Kier molecular flexibility index (Phi) is 4.87. The molecule has 0 saturated carbocycles. The lowest BCUT2D eigenvalue weighted by Gasteiger charge is -2.07. The fourth-order valence-corrected chi connectivity index (χ4v) is 2.41. The Morgan fingerprint density at radius 3 is 2.79 bits per heavy atom. The van der Waals surface area contributed by atoms with Crippen LogP contribution in [0.2, 0.25) is 0 Å². The van der Waals surface area contributed by atoms with E-state index in [1.54, 1.807) is 11.1 Å². The van der Waals surface area contributed by atoms with Gasteiger partial charge in [-0.1, -0.05) is 64.1 Å². The highest BCUT2D eigenvalue weighted by Gasteiger charge is 2.08. The van der Waals surface area contributed by atoms with E-state index in [-0.39, 0.29) is 11.7 Å². The van der Waals surface area contributed by atoms with E-state index in [9.17, 15) is 4.79 Å². The number of esters is 1. The van der Waals surface area contributed by atoms with Crippen molar-refractivity contribution in [3.05, 3.63) is 52.5 Å². The molecule has 0 aliphatic carbocycles. The normalized spacial score (nSPS) is 11.5. The molecule has 2 aromatic carbocycles. The van der Waals surface area contributed by atoms with Gasteiger partial charge in [-0.2, -0.15) is 0 Å². The van der Waals surface area contributed by atoms with E-state index >= 15 is 0 Å². The molecule has 0 aliphatic rings. The van der Waals surface area contributed by atoms with Crippen molar-refractivity contribution in [3.8, 4) is 5.75 Å². The van der Waals surface area contributed by atoms with Crippen LogP contribution in [-0.2, 0) is 4.79 Å². The van der Waals surface area contributed by atoms with E-state index in [0.29, 0.717) is 10.8 Å². The molecule has 0 unspecified atom stereocenters. The molecule has 0 spiro atoms. The molecule has 0 amide bonds. The Bertz CT molecular complexity index is 622. The second-order valence-corrected chi connectivity index (χ2v) is 5.26. The van der Waals surface area contributed by atoms with Crippen LogP contribution in [0.4, 0.5) is 0 Å². The topological polar surface area (TPSA) is 52.3 Å². The summed E-state index contributed by atoms with van der Waals surface area (Å²) in [6, 6.07) is 13.4. The molecule has 0 saturated heterocycles. The molecule has 98 valence electrons. The first kappa shape index (κ1) is 14.0. The zero-order valence-corrected chi connectivity index (χ0v) is 12.4. The van der Waals surface area contributed by atoms with Gasteiger partial charge in [0.15, 0.2) is 0 Å². The predicted molar refractivity (Wildman–Crippen MR) is 83.2 cm³/mol. The van der Waals surface area contributed by atoms with Crippen LogP contribution in [0.1, 0.15) is 0 Å². The highest BCUT2D eigenvalue weighted by Crippen LogP contribution is 2.25. The molecule has 0 radical (unpaired) electrons. The van der Waals surface area contributed by atoms with Gasteiger partial charge < -0.3 is 10.5 Å². The summed E-state index contributed by atoms with van der Waals surface area (Å²) in [5, 5.41) is 2.50. The van der Waals surface area contributed by atoms with Gasteiger partial charge in [-0.05, 0) is 11.5 Å². The van der Waals surface area contributed by atoms with Crippen LogP contribution in [0.25, 0.3) is 10.8 Å². The fourth-order valence-electron chi connectivity index (χ4n) is 1.61. The third kappa shape index (κ3) is 3.75. The van der Waals surface area contributed by atoms with Gasteiger partial charge in [0, 0.05) is 10.4 Å². The van der Waals surface area contributed by atoms with Crippen LogP contribution in [0.15, 0.2) is 52.5 Å². The zero-order chi connectivity index (χ0) is 13.7. The average molecular weight is 338 g/mol. The standard InChI is InChI=1S/C14H12BrNO2S/c15-8-13(16)19-9-14(17)18-12-7-3-5-10-4-1-2-6-11(10)12/h1-8H,9,16H2/b13-8+. The molecule has 0 atom stereocenters. The number of carbonyl (C=O) groups excluding carboxylic acids is 1. The van der Waals surface area contributed by atoms with Crippen molar-refractivity contribution in [2.75, 3.05) is 5.75 Å². The molecule has 19 heavy (non-hydrogen) atoms. The summed E-state index contributed by atoms with van der Waals surface area (Å²) in [5.41, 5.74) is 5.57. The lowest BCUT2D eigenvalue weighted by Crippen LogP contribution is -2.12. The van der Waals surface area contributed by atoms with Crippen LogP contribution in [0.3, 0.4) is 0 Å². The van der Waals surface area contributed by atoms with Crippen LogP contribution < -0.4 is 10.5 Å². The second kappa shape index (κ2) is 6.63. The van der Waals surface area contributed by atoms with Crippen molar-refractivity contribution < 1.29 is 9.53 Å².